The molecule has 0 aliphatic carbocycles. The fourth-order valence-corrected chi connectivity index (χ4v) is 2.29. The van der Waals surface area contributed by atoms with E-state index in [1.165, 1.54) is 6.08 Å². The molecule has 0 amide bonds. The second-order valence-electron chi connectivity index (χ2n) is 4.39. The lowest BCUT2D eigenvalue weighted by Crippen LogP contribution is -2.01. The molecule has 0 fully saturated rings. The highest BCUT2D eigenvalue weighted by Crippen LogP contribution is 2.30. The first-order valence-electron chi connectivity index (χ1n) is 6.31. The highest BCUT2D eigenvalue weighted by atomic mass is 79.9. The van der Waals surface area contributed by atoms with Gasteiger partial charge in [0.25, 0.3) is 0 Å². The van der Waals surface area contributed by atoms with Gasteiger partial charge >= 0.3 is 5.97 Å². The molecule has 1 heterocycles. The first kappa shape index (κ1) is 15.3. The average Bonchev–Trinajstić information content (AvgIpc) is 2.44. The van der Waals surface area contributed by atoms with Crippen LogP contribution in [0.3, 0.4) is 0 Å². The summed E-state index contributed by atoms with van der Waals surface area (Å²) in [4.78, 5) is 15.0. The van der Waals surface area contributed by atoms with E-state index in [9.17, 15) is 4.79 Å². The van der Waals surface area contributed by atoms with Crippen LogP contribution in [0, 0.1) is 6.92 Å². The number of halogens is 1. The second-order valence-corrected chi connectivity index (χ2v) is 5.24. The Kier molecular flexibility index (Phi) is 5.11. The summed E-state index contributed by atoms with van der Waals surface area (Å²) >= 11 is 3.42. The van der Waals surface area contributed by atoms with Crippen molar-refractivity contribution in [3.63, 3.8) is 0 Å². The van der Waals surface area contributed by atoms with Crippen molar-refractivity contribution < 1.29 is 14.6 Å². The number of para-hydroxylation sites is 1. The van der Waals surface area contributed by atoms with Crippen molar-refractivity contribution >= 4 is 28.0 Å². The monoisotopic (exact) mass is 347 g/mol. The number of aliphatic carboxylic acids is 1. The molecule has 0 aliphatic rings. The van der Waals surface area contributed by atoms with Crippen molar-refractivity contribution in [2.24, 2.45) is 0 Å². The van der Waals surface area contributed by atoms with Gasteiger partial charge in [-0.25, -0.2) is 4.79 Å². The molecule has 4 nitrogen and oxygen atoms in total. The van der Waals surface area contributed by atoms with Crippen molar-refractivity contribution in [2.75, 3.05) is 0 Å². The maximum atomic E-state index is 10.6. The Morgan fingerprint density at radius 1 is 1.33 bits per heavy atom. The van der Waals surface area contributed by atoms with E-state index in [0.29, 0.717) is 17.9 Å². The Balaban J connectivity index is 2.20. The second kappa shape index (κ2) is 7.04. The zero-order valence-electron chi connectivity index (χ0n) is 11.4. The largest absolute Gasteiger partial charge is 0.485 e. The minimum absolute atomic E-state index is 0.318. The van der Waals surface area contributed by atoms with Crippen molar-refractivity contribution in [3.05, 3.63) is 63.9 Å². The van der Waals surface area contributed by atoms with Gasteiger partial charge < -0.3 is 9.84 Å². The molecule has 1 aromatic heterocycles. The van der Waals surface area contributed by atoms with Gasteiger partial charge in [-0.15, -0.1) is 0 Å². The van der Waals surface area contributed by atoms with Gasteiger partial charge in [-0.3, -0.25) is 4.98 Å². The third kappa shape index (κ3) is 4.43. The van der Waals surface area contributed by atoms with E-state index in [-0.39, 0.29) is 0 Å². The van der Waals surface area contributed by atoms with Crippen LogP contribution in [0.2, 0.25) is 0 Å². The van der Waals surface area contributed by atoms with E-state index in [0.717, 1.165) is 21.9 Å². The number of carboxylic acid groups (broad SMARTS) is 1. The highest BCUT2D eigenvalue weighted by Gasteiger charge is 2.07. The van der Waals surface area contributed by atoms with Crippen molar-refractivity contribution in [1.29, 1.82) is 0 Å². The van der Waals surface area contributed by atoms with Gasteiger partial charge in [0.15, 0.2) is 0 Å². The number of carboxylic acids is 1. The molecular weight excluding hydrogens is 334 g/mol. The number of carbonyl (C=O) groups is 1. The summed E-state index contributed by atoms with van der Waals surface area (Å²) in [6.45, 7) is 2.24. The molecule has 0 saturated carbocycles. The molecule has 0 radical (unpaired) electrons. The lowest BCUT2D eigenvalue weighted by molar-refractivity contribution is -0.131. The summed E-state index contributed by atoms with van der Waals surface area (Å²) in [6, 6.07) is 11.2. The molecular formula is C16H14BrNO3. The van der Waals surface area contributed by atoms with E-state index in [2.05, 4.69) is 20.9 Å². The van der Waals surface area contributed by atoms with Gasteiger partial charge in [0, 0.05) is 17.3 Å². The van der Waals surface area contributed by atoms with Crippen LogP contribution in [-0.4, -0.2) is 16.1 Å². The number of nitrogens with zero attached hydrogens (tertiary/aromatic N) is 1. The van der Waals surface area contributed by atoms with E-state index >= 15 is 0 Å². The number of hydrogen-bond acceptors (Lipinski definition) is 3. The minimum Gasteiger partial charge on any atom is -0.485 e. The van der Waals surface area contributed by atoms with Crippen LogP contribution in [0.4, 0.5) is 0 Å². The fourth-order valence-electron chi connectivity index (χ4n) is 1.80. The van der Waals surface area contributed by atoms with Gasteiger partial charge in [0.2, 0.25) is 0 Å². The lowest BCUT2D eigenvalue weighted by Gasteiger charge is -2.11. The minimum atomic E-state index is -0.999. The van der Waals surface area contributed by atoms with Crippen molar-refractivity contribution in [3.8, 4) is 5.75 Å². The first-order valence-corrected chi connectivity index (χ1v) is 7.10. The summed E-state index contributed by atoms with van der Waals surface area (Å²) in [5.74, 6) is -0.403. The SMILES string of the molecule is Cc1cccc(COc2c(Br)cccc2C=CC(=O)O)n1. The standard InChI is InChI=1S/C16H14BrNO3/c1-11-4-2-6-13(18-11)10-21-16-12(8-9-15(19)20)5-3-7-14(16)17/h2-9H,10H2,1H3,(H,19,20). The van der Waals surface area contributed by atoms with Crippen LogP contribution in [0.5, 0.6) is 5.75 Å². The van der Waals surface area contributed by atoms with Crippen LogP contribution in [0.1, 0.15) is 17.0 Å². The topological polar surface area (TPSA) is 59.4 Å². The number of hydrogen-bond donors (Lipinski definition) is 1. The Bertz CT molecular complexity index is 683. The normalized spacial score (nSPS) is 10.8. The first-order chi connectivity index (χ1) is 10.1. The molecule has 108 valence electrons. The van der Waals surface area contributed by atoms with Gasteiger partial charge in [-0.2, -0.15) is 0 Å². The Morgan fingerprint density at radius 3 is 2.81 bits per heavy atom. The maximum Gasteiger partial charge on any atom is 0.328 e. The van der Waals surface area contributed by atoms with E-state index < -0.39 is 5.97 Å². The van der Waals surface area contributed by atoms with E-state index in [4.69, 9.17) is 9.84 Å². The molecule has 1 aromatic carbocycles. The number of aryl methyl sites for hydroxylation is 1. The maximum absolute atomic E-state index is 10.6. The van der Waals surface area contributed by atoms with E-state index in [1.807, 2.05) is 37.3 Å². The quantitative estimate of drug-likeness (QED) is 0.835. The molecule has 0 unspecified atom stereocenters. The van der Waals surface area contributed by atoms with Crippen molar-refractivity contribution in [1.82, 2.24) is 4.98 Å². The molecule has 5 heteroatoms. The molecule has 21 heavy (non-hydrogen) atoms. The molecule has 0 spiro atoms. The summed E-state index contributed by atoms with van der Waals surface area (Å²) < 4.78 is 6.55. The third-order valence-corrected chi connectivity index (χ3v) is 3.34. The Hall–Kier alpha value is -2.14. The van der Waals surface area contributed by atoms with Crippen LogP contribution >= 0.6 is 15.9 Å². The number of pyridine rings is 1. The van der Waals surface area contributed by atoms with Crippen LogP contribution in [-0.2, 0) is 11.4 Å². The number of ether oxygens (including phenoxy) is 1. The Morgan fingerprint density at radius 2 is 2.10 bits per heavy atom. The molecule has 0 bridgehead atoms. The van der Waals surface area contributed by atoms with Gasteiger partial charge in [0.1, 0.15) is 12.4 Å². The molecule has 0 saturated heterocycles. The van der Waals surface area contributed by atoms with Crippen molar-refractivity contribution in [2.45, 2.75) is 13.5 Å². The molecule has 0 atom stereocenters. The fraction of sp³-hybridized carbons (Fsp3) is 0.125. The van der Waals surface area contributed by atoms with Crippen LogP contribution in [0.25, 0.3) is 6.08 Å². The summed E-state index contributed by atoms with van der Waals surface area (Å²) in [5.41, 5.74) is 2.44. The number of rotatable bonds is 5. The Labute approximate surface area is 131 Å². The zero-order chi connectivity index (χ0) is 15.2. The zero-order valence-corrected chi connectivity index (χ0v) is 13.0. The summed E-state index contributed by atoms with van der Waals surface area (Å²) in [5, 5.41) is 8.72. The third-order valence-electron chi connectivity index (χ3n) is 2.71. The molecule has 0 aliphatic heterocycles. The van der Waals surface area contributed by atoms with Gasteiger partial charge in [-0.1, -0.05) is 18.2 Å². The summed E-state index contributed by atoms with van der Waals surface area (Å²) in [7, 11) is 0. The smallest absolute Gasteiger partial charge is 0.328 e. The highest BCUT2D eigenvalue weighted by molar-refractivity contribution is 9.10. The van der Waals surface area contributed by atoms with E-state index in [1.54, 1.807) is 6.07 Å². The molecule has 2 aromatic rings. The number of aromatic nitrogens is 1. The van der Waals surface area contributed by atoms with Gasteiger partial charge in [0.05, 0.1) is 10.2 Å². The van der Waals surface area contributed by atoms with Gasteiger partial charge in [-0.05, 0) is 47.1 Å². The van der Waals surface area contributed by atoms with Crippen LogP contribution < -0.4 is 4.74 Å². The van der Waals surface area contributed by atoms with Crippen LogP contribution in [0.15, 0.2) is 46.9 Å². The molecule has 2 rings (SSSR count). The lowest BCUT2D eigenvalue weighted by atomic mass is 10.2. The number of benzene rings is 1. The average molecular weight is 348 g/mol. The molecule has 1 N–H and O–H groups in total. The predicted molar refractivity (Wildman–Crippen MR) is 84.1 cm³/mol. The summed E-state index contributed by atoms with van der Waals surface area (Å²) in [6.07, 6.45) is 2.59. The predicted octanol–water partition coefficient (Wildman–Crippen LogP) is 3.83.